The zero-order valence-corrected chi connectivity index (χ0v) is 8.37. The van der Waals surface area contributed by atoms with Crippen molar-refractivity contribution in [3.63, 3.8) is 0 Å². The second-order valence-electron chi connectivity index (χ2n) is 4.55. The van der Waals surface area contributed by atoms with Gasteiger partial charge in [-0.25, -0.2) is 0 Å². The van der Waals surface area contributed by atoms with Gasteiger partial charge in [0.2, 0.25) is 0 Å². The number of carbonyl (C=O) groups is 1. The third-order valence-corrected chi connectivity index (χ3v) is 3.65. The molecule has 0 amide bonds. The van der Waals surface area contributed by atoms with Crippen molar-refractivity contribution in [1.29, 1.82) is 0 Å². The van der Waals surface area contributed by atoms with Crippen LogP contribution in [0.2, 0.25) is 0 Å². The van der Waals surface area contributed by atoms with Crippen molar-refractivity contribution in [3.8, 4) is 0 Å². The molecule has 1 aliphatic carbocycles. The summed E-state index contributed by atoms with van der Waals surface area (Å²) in [4.78, 5) is 11.6. The van der Waals surface area contributed by atoms with Crippen LogP contribution in [0, 0.1) is 0 Å². The summed E-state index contributed by atoms with van der Waals surface area (Å²) in [6.07, 6.45) is -1.78. The third kappa shape index (κ3) is 0.883. The molecule has 1 aromatic carbocycles. The van der Waals surface area contributed by atoms with Gasteiger partial charge in [-0.05, 0) is 5.56 Å². The van der Waals surface area contributed by atoms with Gasteiger partial charge >= 0.3 is 0 Å². The van der Waals surface area contributed by atoms with E-state index >= 15 is 0 Å². The number of benzene rings is 1. The van der Waals surface area contributed by atoms with E-state index in [1.165, 1.54) is 0 Å². The molecule has 2 heterocycles. The summed E-state index contributed by atoms with van der Waals surface area (Å²) in [5.74, 6) is -0.0180. The molecule has 0 aromatic heterocycles. The predicted molar refractivity (Wildman–Crippen MR) is 52.7 cm³/mol. The largest absolute Gasteiger partial charge is 0.379 e. The molecule has 4 heteroatoms. The number of epoxide rings is 2. The van der Waals surface area contributed by atoms with E-state index in [-0.39, 0.29) is 5.78 Å². The zero-order chi connectivity index (χ0) is 10.9. The first-order chi connectivity index (χ1) is 7.73. The van der Waals surface area contributed by atoms with Crippen LogP contribution in [0.3, 0.4) is 0 Å². The highest BCUT2D eigenvalue weighted by Crippen LogP contribution is 2.55. The van der Waals surface area contributed by atoms with E-state index in [2.05, 4.69) is 0 Å². The Morgan fingerprint density at radius 2 is 1.62 bits per heavy atom. The molecule has 0 bridgehead atoms. The quantitative estimate of drug-likeness (QED) is 0.673. The maximum absolute atomic E-state index is 11.6. The average Bonchev–Trinajstić information content (AvgIpc) is 3.17. The summed E-state index contributed by atoms with van der Waals surface area (Å²) >= 11 is 0. The smallest absolute Gasteiger partial charge is 0.195 e. The van der Waals surface area contributed by atoms with Crippen molar-refractivity contribution >= 4 is 5.78 Å². The van der Waals surface area contributed by atoms with Gasteiger partial charge < -0.3 is 14.6 Å². The third-order valence-electron chi connectivity index (χ3n) is 3.65. The van der Waals surface area contributed by atoms with Crippen molar-refractivity contribution in [2.24, 2.45) is 0 Å². The highest BCUT2D eigenvalue weighted by atomic mass is 16.7. The van der Waals surface area contributed by atoms with E-state index in [0.717, 1.165) is 5.56 Å². The van der Waals surface area contributed by atoms with Crippen molar-refractivity contribution < 1.29 is 19.4 Å². The fraction of sp³-hybridized carbons (Fsp3) is 0.417. The van der Waals surface area contributed by atoms with Gasteiger partial charge in [0, 0.05) is 0 Å². The Morgan fingerprint density at radius 1 is 1.06 bits per heavy atom. The Labute approximate surface area is 91.8 Å². The lowest BCUT2D eigenvalue weighted by atomic mass is 9.79. The minimum atomic E-state index is -1.15. The Balaban J connectivity index is 1.80. The van der Waals surface area contributed by atoms with Gasteiger partial charge in [-0.3, -0.25) is 4.79 Å². The molecule has 2 aliphatic heterocycles. The summed E-state index contributed by atoms with van der Waals surface area (Å²) in [5.41, 5.74) is -0.382. The van der Waals surface area contributed by atoms with Crippen molar-refractivity contribution in [1.82, 2.24) is 0 Å². The van der Waals surface area contributed by atoms with Crippen LogP contribution in [0.1, 0.15) is 5.56 Å². The first kappa shape index (κ1) is 8.87. The minimum absolute atomic E-state index is 0.0180. The van der Waals surface area contributed by atoms with E-state index in [4.69, 9.17) is 9.47 Å². The molecular weight excluding hydrogens is 208 g/mol. The van der Waals surface area contributed by atoms with E-state index in [9.17, 15) is 9.90 Å². The maximum Gasteiger partial charge on any atom is 0.195 e. The molecule has 1 unspecified atom stereocenters. The molecule has 1 saturated carbocycles. The fourth-order valence-electron chi connectivity index (χ4n) is 2.68. The fourth-order valence-corrected chi connectivity index (χ4v) is 2.68. The molecule has 2 saturated heterocycles. The van der Waals surface area contributed by atoms with Crippen LogP contribution < -0.4 is 0 Å². The van der Waals surface area contributed by atoms with Gasteiger partial charge in [-0.2, -0.15) is 0 Å². The van der Waals surface area contributed by atoms with Gasteiger partial charge in [0.05, 0.1) is 0 Å². The number of ketones is 1. The van der Waals surface area contributed by atoms with Crippen LogP contribution in [0.4, 0.5) is 0 Å². The molecule has 82 valence electrons. The molecule has 0 spiro atoms. The number of carbonyl (C=O) groups excluding carboxylic acids is 1. The van der Waals surface area contributed by atoms with E-state index < -0.39 is 30.0 Å². The SMILES string of the molecule is O=C1[C@H]2O[C@H]2C(O)(c2ccccc2)[C@H]2O[C@@H]12. The van der Waals surface area contributed by atoms with E-state index in [0.29, 0.717) is 0 Å². The second kappa shape index (κ2) is 2.53. The number of rotatable bonds is 1. The van der Waals surface area contributed by atoms with Gasteiger partial charge in [0.1, 0.15) is 30.0 Å². The molecule has 16 heavy (non-hydrogen) atoms. The molecule has 0 radical (unpaired) electrons. The van der Waals surface area contributed by atoms with E-state index in [1.807, 2.05) is 30.3 Å². The van der Waals surface area contributed by atoms with Gasteiger partial charge in [-0.1, -0.05) is 30.3 Å². The van der Waals surface area contributed by atoms with Crippen molar-refractivity contribution in [2.45, 2.75) is 30.0 Å². The van der Waals surface area contributed by atoms with Gasteiger partial charge in [0.15, 0.2) is 5.78 Å². The summed E-state index contributed by atoms with van der Waals surface area (Å²) in [7, 11) is 0. The maximum atomic E-state index is 11.6. The molecule has 1 N–H and O–H groups in total. The number of hydrogen-bond donors (Lipinski definition) is 1. The Kier molecular flexibility index (Phi) is 1.40. The molecular formula is C12H10O4. The van der Waals surface area contributed by atoms with Crippen LogP contribution >= 0.6 is 0 Å². The summed E-state index contributed by atoms with van der Waals surface area (Å²) in [6.45, 7) is 0. The molecule has 5 atom stereocenters. The van der Waals surface area contributed by atoms with Crippen LogP contribution in [-0.2, 0) is 19.9 Å². The molecule has 1 aromatic rings. The Bertz CT molecular complexity index is 449. The van der Waals surface area contributed by atoms with Crippen LogP contribution in [0.5, 0.6) is 0 Å². The number of hydrogen-bond acceptors (Lipinski definition) is 4. The van der Waals surface area contributed by atoms with Crippen LogP contribution in [0.15, 0.2) is 30.3 Å². The van der Waals surface area contributed by atoms with Gasteiger partial charge in [0.25, 0.3) is 0 Å². The van der Waals surface area contributed by atoms with Crippen LogP contribution in [-0.4, -0.2) is 35.3 Å². The highest BCUT2D eigenvalue weighted by Gasteiger charge is 2.76. The van der Waals surface area contributed by atoms with Crippen LogP contribution in [0.25, 0.3) is 0 Å². The molecule has 3 aliphatic rings. The lowest BCUT2D eigenvalue weighted by molar-refractivity contribution is -0.122. The number of Topliss-reactive ketones (excluding diaryl/α,β-unsaturated/α-hetero) is 1. The number of ether oxygens (including phenoxy) is 2. The van der Waals surface area contributed by atoms with Crippen molar-refractivity contribution in [2.75, 3.05) is 0 Å². The first-order valence-corrected chi connectivity index (χ1v) is 5.35. The summed E-state index contributed by atoms with van der Waals surface area (Å²) in [5, 5.41) is 10.7. The lowest BCUT2D eigenvalue weighted by Gasteiger charge is -2.26. The molecule has 3 fully saturated rings. The molecule has 4 nitrogen and oxygen atoms in total. The second-order valence-corrected chi connectivity index (χ2v) is 4.55. The van der Waals surface area contributed by atoms with Gasteiger partial charge in [-0.15, -0.1) is 0 Å². The first-order valence-electron chi connectivity index (χ1n) is 5.35. The highest BCUT2D eigenvalue weighted by molar-refractivity contribution is 5.94. The Morgan fingerprint density at radius 3 is 2.19 bits per heavy atom. The standard InChI is InChI=1S/C12H10O4/c13-7-8-10(15-8)12(14,11-9(7)16-11)6-4-2-1-3-5-6/h1-5,8-11,14H/t8-,9+,10-,11+,12?. The summed E-state index contributed by atoms with van der Waals surface area (Å²) in [6, 6.07) is 9.29. The average molecular weight is 218 g/mol. The number of fused-ring (bicyclic) bond motifs is 2. The summed E-state index contributed by atoms with van der Waals surface area (Å²) < 4.78 is 10.6. The number of aliphatic hydroxyl groups is 1. The monoisotopic (exact) mass is 218 g/mol. The normalized spacial score (nSPS) is 48.2. The van der Waals surface area contributed by atoms with E-state index in [1.54, 1.807) is 0 Å². The topological polar surface area (TPSA) is 62.4 Å². The van der Waals surface area contributed by atoms with Crippen molar-refractivity contribution in [3.05, 3.63) is 35.9 Å². The predicted octanol–water partition coefficient (Wildman–Crippen LogP) is -0.00830. The lowest BCUT2D eigenvalue weighted by Crippen LogP contribution is -2.46. The zero-order valence-electron chi connectivity index (χ0n) is 8.37. The molecule has 4 rings (SSSR count). The minimum Gasteiger partial charge on any atom is -0.379 e. The Hall–Kier alpha value is -1.23.